The van der Waals surface area contributed by atoms with Crippen molar-refractivity contribution in [2.24, 2.45) is 11.8 Å². The van der Waals surface area contributed by atoms with Crippen LogP contribution in [0, 0.1) is 11.8 Å². The molecule has 106 valence electrons. The molecule has 0 bridgehead atoms. The first-order valence-electron chi connectivity index (χ1n) is 6.40. The fourth-order valence-corrected chi connectivity index (χ4v) is 4.44. The number of nitrogens with zero attached hydrogens (tertiary/aromatic N) is 1. The molecule has 0 radical (unpaired) electrons. The second-order valence-electron chi connectivity index (χ2n) is 5.20. The fourth-order valence-electron chi connectivity index (χ4n) is 2.94. The Bertz CT molecular complexity index is 532. The van der Waals surface area contributed by atoms with Gasteiger partial charge >= 0.3 is 0 Å². The van der Waals surface area contributed by atoms with Crippen LogP contribution >= 0.6 is 47.8 Å². The minimum atomic E-state index is -0.190. The maximum Gasteiger partial charge on any atom is 0.237 e. The molecule has 3 rings (SSSR count). The van der Waals surface area contributed by atoms with Gasteiger partial charge in [0.1, 0.15) is 0 Å². The van der Waals surface area contributed by atoms with Crippen LogP contribution in [0.1, 0.15) is 12.8 Å². The molecule has 3 nitrogen and oxygen atoms in total. The Morgan fingerprint density at radius 1 is 0.900 bits per heavy atom. The Morgan fingerprint density at radius 2 is 1.35 bits per heavy atom. The monoisotopic (exact) mass is 463 g/mol. The van der Waals surface area contributed by atoms with Gasteiger partial charge in [0.15, 0.2) is 0 Å². The van der Waals surface area contributed by atoms with Crippen molar-refractivity contribution in [3.8, 4) is 0 Å². The number of fused-ring (bicyclic) bond motifs is 1. The molecule has 1 aromatic carbocycles. The summed E-state index contributed by atoms with van der Waals surface area (Å²) in [5, 5.41) is 0. The zero-order chi connectivity index (χ0) is 14.4. The first kappa shape index (κ1) is 14.7. The number of hydrogen-bond acceptors (Lipinski definition) is 2. The van der Waals surface area contributed by atoms with E-state index in [1.54, 1.807) is 12.1 Å². The van der Waals surface area contributed by atoms with Gasteiger partial charge in [-0.25, -0.2) is 0 Å². The summed E-state index contributed by atoms with van der Waals surface area (Å²) in [7, 11) is 0. The third-order valence-electron chi connectivity index (χ3n) is 4.00. The largest absolute Gasteiger partial charge is 0.274 e. The van der Waals surface area contributed by atoms with Crippen LogP contribution < -0.4 is 4.90 Å². The first-order chi connectivity index (χ1) is 9.49. The predicted molar refractivity (Wildman–Crippen MR) is 88.3 cm³/mol. The topological polar surface area (TPSA) is 37.4 Å². The highest BCUT2D eigenvalue weighted by Gasteiger charge is 2.52. The molecule has 20 heavy (non-hydrogen) atoms. The summed E-state index contributed by atoms with van der Waals surface area (Å²) < 4.78 is 0.929. The van der Waals surface area contributed by atoms with E-state index in [0.29, 0.717) is 18.5 Å². The molecule has 1 aromatic rings. The molecule has 1 aliphatic heterocycles. The van der Waals surface area contributed by atoms with Gasteiger partial charge in [0, 0.05) is 14.1 Å². The van der Waals surface area contributed by atoms with E-state index >= 15 is 0 Å². The average Bonchev–Trinajstić information content (AvgIpc) is 2.65. The van der Waals surface area contributed by atoms with Gasteiger partial charge in [0.25, 0.3) is 0 Å². The Labute approximate surface area is 142 Å². The van der Waals surface area contributed by atoms with E-state index in [1.165, 1.54) is 4.90 Å². The standard InChI is InChI=1S/C14H12Br3NO2/c15-7-1-3-8(4-2-7)18-13(19)9-5-11(16)12(17)6-10(9)14(18)20/h1-4,9-12H,5-6H2/t9-,10-,11-,12+/m0/s1. The molecule has 0 N–H and O–H groups in total. The van der Waals surface area contributed by atoms with Gasteiger partial charge in [0.2, 0.25) is 11.8 Å². The van der Waals surface area contributed by atoms with Crippen molar-refractivity contribution in [2.45, 2.75) is 22.5 Å². The zero-order valence-electron chi connectivity index (χ0n) is 10.4. The second kappa shape index (κ2) is 5.54. The molecule has 4 atom stereocenters. The quantitative estimate of drug-likeness (QED) is 0.466. The molecule has 0 spiro atoms. The third kappa shape index (κ3) is 2.40. The number of carbonyl (C=O) groups excluding carboxylic acids is 2. The summed E-state index contributed by atoms with van der Waals surface area (Å²) in [5.41, 5.74) is 0.662. The second-order valence-corrected chi connectivity index (χ2v) is 8.47. The molecule has 2 aliphatic rings. The third-order valence-corrected chi connectivity index (χ3v) is 7.26. The van der Waals surface area contributed by atoms with Crippen molar-refractivity contribution < 1.29 is 9.59 Å². The number of halogens is 3. The van der Waals surface area contributed by atoms with Crippen LogP contribution in [-0.2, 0) is 9.59 Å². The molecule has 0 aromatic heterocycles. The van der Waals surface area contributed by atoms with Crippen LogP contribution in [0.2, 0.25) is 0 Å². The number of benzene rings is 1. The number of carbonyl (C=O) groups is 2. The van der Waals surface area contributed by atoms with Gasteiger partial charge in [-0.2, -0.15) is 0 Å². The van der Waals surface area contributed by atoms with Gasteiger partial charge in [0.05, 0.1) is 17.5 Å². The first-order valence-corrected chi connectivity index (χ1v) is 9.03. The molecule has 2 amide bonds. The van der Waals surface area contributed by atoms with Crippen LogP contribution in [0.5, 0.6) is 0 Å². The molecule has 1 aliphatic carbocycles. The lowest BCUT2D eigenvalue weighted by atomic mass is 9.81. The predicted octanol–water partition coefficient (Wildman–Crippen LogP) is 3.88. The number of rotatable bonds is 1. The summed E-state index contributed by atoms with van der Waals surface area (Å²) in [6.07, 6.45) is 1.41. The number of anilines is 1. The fraction of sp³-hybridized carbons (Fsp3) is 0.429. The number of imide groups is 1. The maximum atomic E-state index is 12.5. The number of alkyl halides is 2. The highest BCUT2D eigenvalue weighted by Crippen LogP contribution is 2.44. The highest BCUT2D eigenvalue weighted by molar-refractivity contribution is 9.12. The molecule has 1 saturated heterocycles. The smallest absolute Gasteiger partial charge is 0.237 e. The molecule has 0 unspecified atom stereocenters. The van der Waals surface area contributed by atoms with Crippen LogP contribution in [0.15, 0.2) is 28.7 Å². The van der Waals surface area contributed by atoms with Crippen LogP contribution in [0.3, 0.4) is 0 Å². The van der Waals surface area contributed by atoms with Crippen LogP contribution in [0.25, 0.3) is 0 Å². The van der Waals surface area contributed by atoms with Crippen LogP contribution in [-0.4, -0.2) is 21.5 Å². The van der Waals surface area contributed by atoms with Gasteiger partial charge in [-0.3, -0.25) is 14.5 Å². The summed E-state index contributed by atoms with van der Waals surface area (Å²) in [6, 6.07) is 7.29. The van der Waals surface area contributed by atoms with E-state index < -0.39 is 0 Å². The minimum absolute atomic E-state index is 0.0637. The van der Waals surface area contributed by atoms with E-state index in [9.17, 15) is 9.59 Å². The Kier molecular flexibility index (Phi) is 4.08. The summed E-state index contributed by atoms with van der Waals surface area (Å²) in [5.74, 6) is -0.508. The Hall–Kier alpha value is -0.200. The van der Waals surface area contributed by atoms with Gasteiger partial charge in [-0.1, -0.05) is 47.8 Å². The lowest BCUT2D eigenvalue weighted by molar-refractivity contribution is -0.122. The molecule has 1 heterocycles. The van der Waals surface area contributed by atoms with E-state index in [4.69, 9.17) is 0 Å². The van der Waals surface area contributed by atoms with Crippen molar-refractivity contribution in [1.82, 2.24) is 0 Å². The highest BCUT2D eigenvalue weighted by atomic mass is 79.9. The van der Waals surface area contributed by atoms with E-state index in [0.717, 1.165) is 4.47 Å². The molecule has 6 heteroatoms. The van der Waals surface area contributed by atoms with E-state index in [2.05, 4.69) is 47.8 Å². The Balaban J connectivity index is 1.93. The van der Waals surface area contributed by atoms with Gasteiger partial charge in [-0.15, -0.1) is 0 Å². The van der Waals surface area contributed by atoms with Crippen molar-refractivity contribution in [1.29, 1.82) is 0 Å². The maximum absolute atomic E-state index is 12.5. The summed E-state index contributed by atoms with van der Waals surface area (Å²) >= 11 is 10.5. The zero-order valence-corrected chi connectivity index (χ0v) is 15.2. The lowest BCUT2D eigenvalue weighted by Gasteiger charge is -2.29. The Morgan fingerprint density at radius 3 is 1.80 bits per heavy atom. The summed E-state index contributed by atoms with van der Waals surface area (Å²) in [4.78, 5) is 26.9. The number of amides is 2. The molecular formula is C14H12Br3NO2. The van der Waals surface area contributed by atoms with Crippen molar-refractivity contribution >= 4 is 65.3 Å². The van der Waals surface area contributed by atoms with E-state index in [-0.39, 0.29) is 33.3 Å². The average molecular weight is 466 g/mol. The van der Waals surface area contributed by atoms with Crippen molar-refractivity contribution in [3.05, 3.63) is 28.7 Å². The molecule has 2 fully saturated rings. The van der Waals surface area contributed by atoms with Crippen molar-refractivity contribution in [2.75, 3.05) is 4.90 Å². The summed E-state index contributed by atoms with van der Waals surface area (Å²) in [6.45, 7) is 0. The SMILES string of the molecule is O=C1[C@H]2C[C@@H](Br)[C@@H](Br)C[C@@H]2C(=O)N1c1ccc(Br)cc1. The van der Waals surface area contributed by atoms with E-state index in [1.807, 2.05) is 12.1 Å². The lowest BCUT2D eigenvalue weighted by Crippen LogP contribution is -2.34. The van der Waals surface area contributed by atoms with Gasteiger partial charge < -0.3 is 0 Å². The number of hydrogen-bond donors (Lipinski definition) is 0. The molecule has 1 saturated carbocycles. The van der Waals surface area contributed by atoms with Crippen LogP contribution in [0.4, 0.5) is 5.69 Å². The molecular weight excluding hydrogens is 454 g/mol. The minimum Gasteiger partial charge on any atom is -0.274 e. The normalized spacial score (nSPS) is 33.5. The van der Waals surface area contributed by atoms with Gasteiger partial charge in [-0.05, 0) is 37.1 Å². The van der Waals surface area contributed by atoms with Crippen molar-refractivity contribution in [3.63, 3.8) is 0 Å².